The predicted molar refractivity (Wildman–Crippen MR) is 109 cm³/mol. The van der Waals surface area contributed by atoms with E-state index in [1.54, 1.807) is 6.07 Å². The first-order valence-electron chi connectivity index (χ1n) is 8.26. The molecule has 1 aromatic carbocycles. The van der Waals surface area contributed by atoms with Crippen molar-refractivity contribution in [2.45, 2.75) is 13.1 Å². The first-order chi connectivity index (χ1) is 13.0. The van der Waals surface area contributed by atoms with Crippen LogP contribution in [0.1, 0.15) is 16.6 Å². The monoisotopic (exact) mass is 459 g/mol. The number of carbonyl (C=O) groups excluding carboxylic acids is 1. The quantitative estimate of drug-likeness (QED) is 0.418. The molecule has 1 N–H and O–H groups in total. The van der Waals surface area contributed by atoms with Crippen LogP contribution in [-0.4, -0.2) is 61.1 Å². The van der Waals surface area contributed by atoms with Crippen LogP contribution in [0.2, 0.25) is 0 Å². The second kappa shape index (κ2) is 9.98. The maximum atomic E-state index is 12.7. The first kappa shape index (κ1) is 21.5. The molecule has 2 heterocycles. The fraction of sp³-hybridized carbons (Fsp3) is 0.471. The smallest absolute Gasteiger partial charge is 0.270 e. The van der Waals surface area contributed by atoms with Crippen LogP contribution >= 0.6 is 27.3 Å². The zero-order chi connectivity index (χ0) is 20.0. The van der Waals surface area contributed by atoms with Crippen LogP contribution in [0.25, 0.3) is 10.1 Å². The number of hydrogen-bond donors (Lipinski definition) is 1. The molecule has 0 spiro atoms. The number of alkyl halides is 1. The van der Waals surface area contributed by atoms with Gasteiger partial charge in [0.1, 0.15) is 4.88 Å². The summed E-state index contributed by atoms with van der Waals surface area (Å²) >= 11 is 4.20. The molecule has 10 heteroatoms. The van der Waals surface area contributed by atoms with Gasteiger partial charge < -0.3 is 14.8 Å². The van der Waals surface area contributed by atoms with E-state index in [1.807, 2.05) is 12.8 Å². The topological polar surface area (TPSA) is 93.9 Å². The molecular weight excluding hydrogens is 438 g/mol. The molecule has 148 valence electrons. The van der Waals surface area contributed by atoms with E-state index in [1.165, 1.54) is 30.6 Å². The number of fused-ring (bicyclic) bond motifs is 1. The molecule has 1 aliphatic rings. The Labute approximate surface area is 169 Å². The number of hydrogen-bond acceptors (Lipinski definition) is 7. The Bertz CT molecular complexity index is 807. The molecule has 2 aromatic rings. The van der Waals surface area contributed by atoms with Crippen molar-refractivity contribution in [2.75, 3.05) is 39.2 Å². The van der Waals surface area contributed by atoms with Crippen molar-refractivity contribution >= 4 is 48.9 Å². The van der Waals surface area contributed by atoms with Crippen molar-refractivity contribution in [3.8, 4) is 5.75 Å². The fourth-order valence-corrected chi connectivity index (χ4v) is 3.90. The number of nitrogens with zero attached hydrogens (tertiary/aromatic N) is 2. The van der Waals surface area contributed by atoms with E-state index in [-0.39, 0.29) is 17.8 Å². The van der Waals surface area contributed by atoms with Gasteiger partial charge in [0.2, 0.25) is 0 Å². The number of carbonyl (C=O) groups is 1. The Morgan fingerprint density at radius 3 is 2.67 bits per heavy atom. The Kier molecular flexibility index (Phi) is 7.96. The van der Waals surface area contributed by atoms with Crippen molar-refractivity contribution in [1.29, 1.82) is 0 Å². The zero-order valence-corrected chi connectivity index (χ0v) is 17.8. The number of nitro benzene ring substituents is 1. The number of halogens is 1. The van der Waals surface area contributed by atoms with Gasteiger partial charge in [-0.05, 0) is 18.8 Å². The lowest BCUT2D eigenvalue weighted by molar-refractivity contribution is -0.384. The lowest BCUT2D eigenvalue weighted by Gasteiger charge is -2.32. The third-order valence-corrected chi connectivity index (χ3v) is 5.33. The number of nitrogens with one attached hydrogen (secondary N) is 1. The molecule has 1 aromatic heterocycles. The largest absolute Gasteiger partial charge is 0.494 e. The Morgan fingerprint density at radius 1 is 1.41 bits per heavy atom. The second-order valence-electron chi connectivity index (χ2n) is 5.70. The van der Waals surface area contributed by atoms with Crippen molar-refractivity contribution in [3.05, 3.63) is 33.2 Å². The van der Waals surface area contributed by atoms with Crippen molar-refractivity contribution < 1.29 is 19.2 Å². The van der Waals surface area contributed by atoms with Gasteiger partial charge in [-0.3, -0.25) is 19.8 Å². The van der Waals surface area contributed by atoms with Gasteiger partial charge in [0.25, 0.3) is 11.6 Å². The van der Waals surface area contributed by atoms with Gasteiger partial charge in [-0.2, -0.15) is 0 Å². The van der Waals surface area contributed by atoms with E-state index in [0.29, 0.717) is 29.2 Å². The van der Waals surface area contributed by atoms with Crippen LogP contribution < -0.4 is 10.1 Å². The van der Waals surface area contributed by atoms with E-state index in [0.717, 1.165) is 17.8 Å². The minimum atomic E-state index is -0.462. The molecule has 1 fully saturated rings. The van der Waals surface area contributed by atoms with Gasteiger partial charge in [0, 0.05) is 35.3 Å². The molecule has 0 saturated carbocycles. The third kappa shape index (κ3) is 4.95. The van der Waals surface area contributed by atoms with E-state index in [4.69, 9.17) is 9.47 Å². The van der Waals surface area contributed by atoms with E-state index in [9.17, 15) is 14.9 Å². The highest BCUT2D eigenvalue weighted by Gasteiger charge is 2.24. The Balaban J connectivity index is 0.00000126. The maximum Gasteiger partial charge on any atom is 0.270 e. The van der Waals surface area contributed by atoms with Crippen LogP contribution in [0.5, 0.6) is 5.75 Å². The minimum absolute atomic E-state index is 0.0303. The summed E-state index contributed by atoms with van der Waals surface area (Å²) < 4.78 is 11.5. The number of methoxy groups -OCH3 is 1. The van der Waals surface area contributed by atoms with Crippen molar-refractivity contribution in [3.63, 3.8) is 0 Å². The highest BCUT2D eigenvalue weighted by atomic mass is 79.9. The van der Waals surface area contributed by atoms with Crippen LogP contribution in [0.3, 0.4) is 0 Å². The summed E-state index contributed by atoms with van der Waals surface area (Å²) in [7, 11) is 1.46. The molecule has 1 aliphatic heterocycles. The summed E-state index contributed by atoms with van der Waals surface area (Å²) in [5.41, 5.74) is -0.0303. The molecule has 1 saturated heterocycles. The Hall–Kier alpha value is -1.75. The van der Waals surface area contributed by atoms with Crippen LogP contribution in [0, 0.1) is 10.1 Å². The number of morpholine rings is 1. The highest BCUT2D eigenvalue weighted by Crippen LogP contribution is 2.39. The number of nitro groups is 1. The average Bonchev–Trinajstić information content (AvgIpc) is 3.08. The number of amides is 1. The number of thiophene rings is 1. The van der Waals surface area contributed by atoms with Crippen LogP contribution in [0.15, 0.2) is 18.2 Å². The molecule has 8 nitrogen and oxygen atoms in total. The SMILES string of the molecule is CBr.COc1c(C(=O)NC(C)N2CCOCC2)sc2ccc([N+](=O)[O-])cc12. The van der Waals surface area contributed by atoms with Crippen LogP contribution in [-0.2, 0) is 4.74 Å². The van der Waals surface area contributed by atoms with Gasteiger partial charge >= 0.3 is 0 Å². The molecule has 1 amide bonds. The molecule has 0 radical (unpaired) electrons. The minimum Gasteiger partial charge on any atom is -0.494 e. The summed E-state index contributed by atoms with van der Waals surface area (Å²) in [5, 5.41) is 14.5. The van der Waals surface area contributed by atoms with Gasteiger partial charge in [-0.1, -0.05) is 15.9 Å². The normalized spacial score (nSPS) is 15.6. The molecule has 27 heavy (non-hydrogen) atoms. The van der Waals surface area contributed by atoms with E-state index in [2.05, 4.69) is 26.1 Å². The summed E-state index contributed by atoms with van der Waals surface area (Å²) in [6.45, 7) is 4.74. The van der Waals surface area contributed by atoms with Crippen molar-refractivity contribution in [1.82, 2.24) is 10.2 Å². The molecule has 0 bridgehead atoms. The summed E-state index contributed by atoms with van der Waals surface area (Å²) in [4.78, 5) is 25.8. The summed E-state index contributed by atoms with van der Waals surface area (Å²) in [6, 6.07) is 4.51. The van der Waals surface area contributed by atoms with Gasteiger partial charge in [-0.15, -0.1) is 11.3 Å². The second-order valence-corrected chi connectivity index (χ2v) is 6.75. The molecule has 3 rings (SSSR count). The zero-order valence-electron chi connectivity index (χ0n) is 15.4. The lowest BCUT2D eigenvalue weighted by atomic mass is 10.2. The number of ether oxygens (including phenoxy) is 2. The standard InChI is InChI=1S/C16H19N3O5S.CH3Br/c1-10(18-5-7-24-8-6-18)17-16(20)15-14(23-2)12-9-11(19(21)22)3-4-13(12)25-15;1-2/h3-4,9-10H,5-8H2,1-2H3,(H,17,20);1H3. The maximum absolute atomic E-state index is 12.7. The number of non-ortho nitro benzene ring substituents is 1. The molecule has 1 atom stereocenters. The third-order valence-electron chi connectivity index (χ3n) is 4.18. The number of benzene rings is 1. The van der Waals surface area contributed by atoms with E-state index < -0.39 is 4.92 Å². The molecule has 0 aliphatic carbocycles. The Morgan fingerprint density at radius 2 is 2.07 bits per heavy atom. The fourth-order valence-electron chi connectivity index (χ4n) is 2.84. The van der Waals surface area contributed by atoms with Gasteiger partial charge in [0.05, 0.1) is 31.4 Å². The van der Waals surface area contributed by atoms with Crippen molar-refractivity contribution in [2.24, 2.45) is 0 Å². The first-order valence-corrected chi connectivity index (χ1v) is 10.7. The average molecular weight is 460 g/mol. The number of rotatable bonds is 5. The van der Waals surface area contributed by atoms with Gasteiger partial charge in [0.15, 0.2) is 5.75 Å². The summed E-state index contributed by atoms with van der Waals surface area (Å²) in [5.74, 6) is 1.93. The lowest BCUT2D eigenvalue weighted by Crippen LogP contribution is -2.50. The van der Waals surface area contributed by atoms with Gasteiger partial charge in [-0.25, -0.2) is 0 Å². The van der Waals surface area contributed by atoms with Crippen LogP contribution in [0.4, 0.5) is 5.69 Å². The predicted octanol–water partition coefficient (Wildman–Crippen LogP) is 3.24. The molecular formula is C17H22BrN3O5S. The summed E-state index contributed by atoms with van der Waals surface area (Å²) in [6.07, 6.45) is -0.138. The van der Waals surface area contributed by atoms with E-state index >= 15 is 0 Å². The molecule has 1 unspecified atom stereocenters. The highest BCUT2D eigenvalue weighted by molar-refractivity contribution is 9.08.